The molecule has 3 heteroatoms. The minimum Gasteiger partial charge on any atom is -0.379 e. The number of hydrogen-bond acceptors (Lipinski definition) is 3. The molecule has 0 bridgehead atoms. The van der Waals surface area contributed by atoms with Gasteiger partial charge in [0, 0.05) is 24.7 Å². The van der Waals surface area contributed by atoms with Crippen LogP contribution in [0.1, 0.15) is 39.5 Å². The third kappa shape index (κ3) is 2.27. The number of nitrogens with zero attached hydrogens (tertiary/aromatic N) is 1. The molecule has 0 aromatic carbocycles. The number of hydrogen-bond donors (Lipinski definition) is 1. The van der Waals surface area contributed by atoms with E-state index in [4.69, 9.17) is 10.5 Å². The Bertz CT molecular complexity index is 234. The summed E-state index contributed by atoms with van der Waals surface area (Å²) >= 11 is 0. The van der Waals surface area contributed by atoms with E-state index in [-0.39, 0.29) is 5.54 Å². The highest BCUT2D eigenvalue weighted by Crippen LogP contribution is 2.37. The molecule has 0 radical (unpaired) electrons. The van der Waals surface area contributed by atoms with Crippen LogP contribution in [-0.2, 0) is 4.74 Å². The van der Waals surface area contributed by atoms with Gasteiger partial charge in [0.2, 0.25) is 0 Å². The average molecular weight is 226 g/mol. The molecule has 0 amide bonds. The normalized spacial score (nSPS) is 42.2. The van der Waals surface area contributed by atoms with Crippen LogP contribution in [-0.4, -0.2) is 42.8 Å². The van der Waals surface area contributed by atoms with Crippen LogP contribution >= 0.6 is 0 Å². The highest BCUT2D eigenvalue weighted by molar-refractivity contribution is 4.98. The average Bonchev–Trinajstić information content (AvgIpc) is 2.29. The maximum Gasteiger partial charge on any atom is 0.0620 e. The van der Waals surface area contributed by atoms with E-state index in [2.05, 4.69) is 18.7 Å². The lowest BCUT2D eigenvalue weighted by Gasteiger charge is -2.51. The van der Waals surface area contributed by atoms with Gasteiger partial charge in [0.1, 0.15) is 0 Å². The number of morpholine rings is 1. The Balaban J connectivity index is 2.12. The van der Waals surface area contributed by atoms with Crippen LogP contribution in [0, 0.1) is 5.92 Å². The van der Waals surface area contributed by atoms with Crippen LogP contribution in [0.5, 0.6) is 0 Å². The molecule has 2 rings (SSSR count). The fraction of sp³-hybridized carbons (Fsp3) is 1.00. The van der Waals surface area contributed by atoms with Crippen molar-refractivity contribution in [1.29, 1.82) is 0 Å². The Morgan fingerprint density at radius 1 is 1.44 bits per heavy atom. The van der Waals surface area contributed by atoms with E-state index in [1.165, 1.54) is 25.7 Å². The second kappa shape index (κ2) is 5.03. The van der Waals surface area contributed by atoms with Gasteiger partial charge in [0.15, 0.2) is 0 Å². The Kier molecular flexibility index (Phi) is 3.88. The maximum atomic E-state index is 6.11. The zero-order valence-electron chi connectivity index (χ0n) is 10.7. The number of ether oxygens (including phenoxy) is 1. The lowest BCUT2D eigenvalue weighted by molar-refractivity contribution is -0.0742. The van der Waals surface area contributed by atoms with Crippen molar-refractivity contribution < 1.29 is 4.74 Å². The number of rotatable bonds is 2. The van der Waals surface area contributed by atoms with E-state index in [1.807, 2.05) is 0 Å². The molecule has 1 aliphatic carbocycles. The van der Waals surface area contributed by atoms with Crippen LogP contribution < -0.4 is 5.73 Å². The van der Waals surface area contributed by atoms with Crippen molar-refractivity contribution in [3.8, 4) is 0 Å². The molecule has 1 heterocycles. The van der Waals surface area contributed by atoms with Gasteiger partial charge in [-0.3, -0.25) is 4.90 Å². The molecule has 0 aromatic rings. The highest BCUT2D eigenvalue weighted by atomic mass is 16.5. The van der Waals surface area contributed by atoms with Crippen LogP contribution in [0.3, 0.4) is 0 Å². The summed E-state index contributed by atoms with van der Waals surface area (Å²) in [6.45, 7) is 8.26. The lowest BCUT2D eigenvalue weighted by Crippen LogP contribution is -2.62. The van der Waals surface area contributed by atoms with Crippen molar-refractivity contribution in [1.82, 2.24) is 4.90 Å². The monoisotopic (exact) mass is 226 g/mol. The summed E-state index contributed by atoms with van der Waals surface area (Å²) in [4.78, 5) is 2.63. The summed E-state index contributed by atoms with van der Waals surface area (Å²) in [6.07, 6.45) is 5.26. The first kappa shape index (κ1) is 12.3. The van der Waals surface area contributed by atoms with Crippen molar-refractivity contribution in [3.63, 3.8) is 0 Å². The van der Waals surface area contributed by atoms with Crippen LogP contribution in [0.25, 0.3) is 0 Å². The van der Waals surface area contributed by atoms with Crippen molar-refractivity contribution in [2.45, 2.75) is 51.1 Å². The second-order valence-electron chi connectivity index (χ2n) is 5.75. The summed E-state index contributed by atoms with van der Waals surface area (Å²) in [5.41, 5.74) is 6.38. The quantitative estimate of drug-likeness (QED) is 0.777. The van der Waals surface area contributed by atoms with Gasteiger partial charge in [-0.05, 0) is 25.7 Å². The molecule has 0 spiro atoms. The van der Waals surface area contributed by atoms with E-state index >= 15 is 0 Å². The molecule has 16 heavy (non-hydrogen) atoms. The molecule has 1 saturated heterocycles. The smallest absolute Gasteiger partial charge is 0.0620 e. The largest absolute Gasteiger partial charge is 0.379 e. The highest BCUT2D eigenvalue weighted by Gasteiger charge is 2.41. The van der Waals surface area contributed by atoms with E-state index in [0.717, 1.165) is 32.2 Å². The van der Waals surface area contributed by atoms with E-state index in [1.54, 1.807) is 0 Å². The Morgan fingerprint density at radius 3 is 2.88 bits per heavy atom. The Hall–Kier alpha value is -0.120. The third-order valence-corrected chi connectivity index (χ3v) is 4.42. The zero-order chi connectivity index (χ0) is 11.6. The van der Waals surface area contributed by atoms with Crippen molar-refractivity contribution in [2.75, 3.05) is 26.3 Å². The standard InChI is InChI=1S/C13H26N2O/c1-11-4-3-5-13(8-11,10-14)15-6-7-16-9-12(15)2/h11-12H,3-10,14H2,1-2H3. The Labute approximate surface area is 99.3 Å². The van der Waals surface area contributed by atoms with Gasteiger partial charge in [0.05, 0.1) is 13.2 Å². The summed E-state index contributed by atoms with van der Waals surface area (Å²) in [5, 5.41) is 0. The molecule has 2 fully saturated rings. The minimum atomic E-state index is 0.265. The second-order valence-corrected chi connectivity index (χ2v) is 5.75. The van der Waals surface area contributed by atoms with E-state index in [0.29, 0.717) is 6.04 Å². The summed E-state index contributed by atoms with van der Waals surface area (Å²) in [6, 6.07) is 0.530. The molecular weight excluding hydrogens is 200 g/mol. The van der Waals surface area contributed by atoms with Crippen LogP contribution in [0.2, 0.25) is 0 Å². The van der Waals surface area contributed by atoms with Crippen LogP contribution in [0.4, 0.5) is 0 Å². The fourth-order valence-electron chi connectivity index (χ4n) is 3.63. The van der Waals surface area contributed by atoms with E-state index in [9.17, 15) is 0 Å². The van der Waals surface area contributed by atoms with Gasteiger partial charge in [-0.25, -0.2) is 0 Å². The predicted molar refractivity (Wildman–Crippen MR) is 66.4 cm³/mol. The van der Waals surface area contributed by atoms with Gasteiger partial charge in [-0.2, -0.15) is 0 Å². The molecular formula is C13H26N2O. The molecule has 1 aliphatic heterocycles. The van der Waals surface area contributed by atoms with Crippen molar-refractivity contribution in [2.24, 2.45) is 11.7 Å². The van der Waals surface area contributed by atoms with Gasteiger partial charge in [0.25, 0.3) is 0 Å². The molecule has 3 atom stereocenters. The molecule has 2 N–H and O–H groups in total. The first-order valence-electron chi connectivity index (χ1n) is 6.72. The lowest BCUT2D eigenvalue weighted by atomic mass is 9.74. The summed E-state index contributed by atoms with van der Waals surface area (Å²) in [5.74, 6) is 0.826. The molecule has 94 valence electrons. The molecule has 3 unspecified atom stereocenters. The minimum absolute atomic E-state index is 0.265. The Morgan fingerprint density at radius 2 is 2.25 bits per heavy atom. The SMILES string of the molecule is CC1CCCC(CN)(N2CCOCC2C)C1. The molecule has 2 aliphatic rings. The van der Waals surface area contributed by atoms with Crippen molar-refractivity contribution in [3.05, 3.63) is 0 Å². The summed E-state index contributed by atoms with van der Waals surface area (Å²) in [7, 11) is 0. The topological polar surface area (TPSA) is 38.5 Å². The van der Waals surface area contributed by atoms with Gasteiger partial charge < -0.3 is 10.5 Å². The zero-order valence-corrected chi connectivity index (χ0v) is 10.7. The molecule has 0 aromatic heterocycles. The fourth-order valence-corrected chi connectivity index (χ4v) is 3.63. The van der Waals surface area contributed by atoms with Gasteiger partial charge in [-0.1, -0.05) is 19.8 Å². The van der Waals surface area contributed by atoms with Gasteiger partial charge >= 0.3 is 0 Å². The third-order valence-electron chi connectivity index (χ3n) is 4.42. The van der Waals surface area contributed by atoms with Gasteiger partial charge in [-0.15, -0.1) is 0 Å². The maximum absolute atomic E-state index is 6.11. The first-order chi connectivity index (χ1) is 7.68. The summed E-state index contributed by atoms with van der Waals surface area (Å²) < 4.78 is 5.54. The molecule has 3 nitrogen and oxygen atoms in total. The predicted octanol–water partition coefficient (Wildman–Crippen LogP) is 1.61. The first-order valence-corrected chi connectivity index (χ1v) is 6.72. The molecule has 1 saturated carbocycles. The van der Waals surface area contributed by atoms with Crippen molar-refractivity contribution >= 4 is 0 Å². The number of nitrogens with two attached hydrogens (primary N) is 1. The van der Waals surface area contributed by atoms with E-state index < -0.39 is 0 Å². The van der Waals surface area contributed by atoms with Crippen LogP contribution in [0.15, 0.2) is 0 Å².